The predicted molar refractivity (Wildman–Crippen MR) is 87.8 cm³/mol. The normalized spacial score (nSPS) is 11.5. The number of aliphatic hydroxyl groups is 1. The standard InChI is InChI=1S/C16H22N2O2S/c1-16(2,3)14-13(10-19)21-15(17-14)18(4)11-6-8-12(20-5)9-7-11/h6-9,19H,10H2,1-5H3. The fraction of sp³-hybridized carbons (Fsp3) is 0.438. The van der Waals surface area contributed by atoms with Crippen molar-refractivity contribution in [2.24, 2.45) is 0 Å². The first-order valence-corrected chi connectivity index (χ1v) is 7.67. The van der Waals surface area contributed by atoms with Gasteiger partial charge in [-0.25, -0.2) is 4.98 Å². The minimum Gasteiger partial charge on any atom is -0.497 e. The Kier molecular flexibility index (Phi) is 4.54. The Bertz CT molecular complexity index is 600. The number of benzene rings is 1. The summed E-state index contributed by atoms with van der Waals surface area (Å²) >= 11 is 1.53. The lowest BCUT2D eigenvalue weighted by Gasteiger charge is -2.18. The molecule has 4 nitrogen and oxygen atoms in total. The van der Waals surface area contributed by atoms with Gasteiger partial charge in [-0.15, -0.1) is 0 Å². The van der Waals surface area contributed by atoms with Crippen LogP contribution in [0.3, 0.4) is 0 Å². The fourth-order valence-corrected chi connectivity index (χ4v) is 3.20. The van der Waals surface area contributed by atoms with Gasteiger partial charge in [-0.2, -0.15) is 0 Å². The molecule has 0 fully saturated rings. The predicted octanol–water partition coefficient (Wildman–Crippen LogP) is 3.71. The Morgan fingerprint density at radius 3 is 2.29 bits per heavy atom. The Hall–Kier alpha value is -1.59. The lowest BCUT2D eigenvalue weighted by Crippen LogP contribution is -2.15. The Labute approximate surface area is 130 Å². The van der Waals surface area contributed by atoms with Crippen molar-refractivity contribution in [3.8, 4) is 5.75 Å². The van der Waals surface area contributed by atoms with Crippen molar-refractivity contribution in [3.63, 3.8) is 0 Å². The molecule has 5 heteroatoms. The molecule has 0 aliphatic rings. The van der Waals surface area contributed by atoms with Gasteiger partial charge in [0.25, 0.3) is 0 Å². The SMILES string of the molecule is COc1ccc(N(C)c2nc(C(C)(C)C)c(CO)s2)cc1. The highest BCUT2D eigenvalue weighted by Gasteiger charge is 2.24. The first-order valence-electron chi connectivity index (χ1n) is 6.85. The summed E-state index contributed by atoms with van der Waals surface area (Å²) in [5.41, 5.74) is 1.92. The number of rotatable bonds is 4. The van der Waals surface area contributed by atoms with E-state index in [0.717, 1.165) is 27.1 Å². The Morgan fingerprint density at radius 2 is 1.86 bits per heavy atom. The molecule has 1 heterocycles. The van der Waals surface area contributed by atoms with Crippen LogP contribution in [0.25, 0.3) is 0 Å². The maximum absolute atomic E-state index is 9.55. The quantitative estimate of drug-likeness (QED) is 0.935. The second-order valence-electron chi connectivity index (χ2n) is 5.93. The molecule has 0 aliphatic heterocycles. The summed E-state index contributed by atoms with van der Waals surface area (Å²) in [4.78, 5) is 7.68. The van der Waals surface area contributed by atoms with Crippen LogP contribution in [0.2, 0.25) is 0 Å². The Morgan fingerprint density at radius 1 is 1.24 bits per heavy atom. The van der Waals surface area contributed by atoms with E-state index in [1.807, 2.05) is 36.2 Å². The number of aromatic nitrogens is 1. The summed E-state index contributed by atoms with van der Waals surface area (Å²) in [6.45, 7) is 6.36. The van der Waals surface area contributed by atoms with E-state index < -0.39 is 0 Å². The molecule has 2 rings (SSSR count). The molecule has 0 atom stereocenters. The monoisotopic (exact) mass is 306 g/mol. The topological polar surface area (TPSA) is 45.6 Å². The molecule has 21 heavy (non-hydrogen) atoms. The molecule has 0 bridgehead atoms. The maximum Gasteiger partial charge on any atom is 0.190 e. The number of ether oxygens (including phenoxy) is 1. The molecule has 0 saturated heterocycles. The van der Waals surface area contributed by atoms with Crippen molar-refractivity contribution in [2.75, 3.05) is 19.1 Å². The smallest absolute Gasteiger partial charge is 0.190 e. The minimum absolute atomic E-state index is 0.0285. The van der Waals surface area contributed by atoms with E-state index in [4.69, 9.17) is 9.72 Å². The van der Waals surface area contributed by atoms with Crippen LogP contribution in [0, 0.1) is 0 Å². The summed E-state index contributed by atoms with van der Waals surface area (Å²) in [5, 5.41) is 10.4. The van der Waals surface area contributed by atoms with E-state index in [9.17, 15) is 5.11 Å². The highest BCUT2D eigenvalue weighted by Crippen LogP contribution is 2.36. The lowest BCUT2D eigenvalue weighted by atomic mass is 9.91. The van der Waals surface area contributed by atoms with Gasteiger partial charge in [0.2, 0.25) is 0 Å². The fourth-order valence-electron chi connectivity index (χ4n) is 2.09. The summed E-state index contributed by atoms with van der Waals surface area (Å²) < 4.78 is 5.18. The van der Waals surface area contributed by atoms with Crippen molar-refractivity contribution in [1.82, 2.24) is 4.98 Å². The van der Waals surface area contributed by atoms with E-state index >= 15 is 0 Å². The van der Waals surface area contributed by atoms with Crippen molar-refractivity contribution in [3.05, 3.63) is 34.8 Å². The third-order valence-corrected chi connectivity index (χ3v) is 4.40. The molecule has 1 aromatic heterocycles. The van der Waals surface area contributed by atoms with Gasteiger partial charge in [-0.05, 0) is 24.3 Å². The summed E-state index contributed by atoms with van der Waals surface area (Å²) in [5.74, 6) is 0.831. The van der Waals surface area contributed by atoms with Gasteiger partial charge in [-0.3, -0.25) is 0 Å². The first-order chi connectivity index (χ1) is 9.86. The molecule has 1 aromatic carbocycles. The first kappa shape index (κ1) is 15.8. The number of nitrogens with zero attached hydrogens (tertiary/aromatic N) is 2. The molecule has 0 amide bonds. The molecule has 114 valence electrons. The highest BCUT2D eigenvalue weighted by molar-refractivity contribution is 7.15. The molecule has 0 saturated carbocycles. The van der Waals surface area contributed by atoms with Crippen LogP contribution in [0.5, 0.6) is 5.75 Å². The van der Waals surface area contributed by atoms with Gasteiger partial charge in [0.1, 0.15) is 5.75 Å². The van der Waals surface area contributed by atoms with Crippen LogP contribution >= 0.6 is 11.3 Å². The number of methoxy groups -OCH3 is 1. The van der Waals surface area contributed by atoms with Crippen LogP contribution in [-0.4, -0.2) is 24.2 Å². The van der Waals surface area contributed by atoms with Gasteiger partial charge in [0.15, 0.2) is 5.13 Å². The number of hydrogen-bond acceptors (Lipinski definition) is 5. The van der Waals surface area contributed by atoms with Crippen molar-refractivity contribution >= 4 is 22.2 Å². The largest absolute Gasteiger partial charge is 0.497 e. The number of hydrogen-bond donors (Lipinski definition) is 1. The summed E-state index contributed by atoms with van der Waals surface area (Å²) in [6.07, 6.45) is 0. The van der Waals surface area contributed by atoms with E-state index in [1.165, 1.54) is 11.3 Å². The molecular weight excluding hydrogens is 284 g/mol. The third-order valence-electron chi connectivity index (χ3n) is 3.29. The van der Waals surface area contributed by atoms with Crippen molar-refractivity contribution in [1.29, 1.82) is 0 Å². The highest BCUT2D eigenvalue weighted by atomic mass is 32.1. The second kappa shape index (κ2) is 6.03. The molecule has 0 unspecified atom stereocenters. The Balaban J connectivity index is 2.34. The van der Waals surface area contributed by atoms with Crippen LogP contribution in [0.1, 0.15) is 31.3 Å². The van der Waals surface area contributed by atoms with Crippen LogP contribution in [-0.2, 0) is 12.0 Å². The average molecular weight is 306 g/mol. The molecule has 0 aliphatic carbocycles. The van der Waals surface area contributed by atoms with Crippen LogP contribution < -0.4 is 9.64 Å². The van der Waals surface area contributed by atoms with Crippen LogP contribution in [0.15, 0.2) is 24.3 Å². The lowest BCUT2D eigenvalue weighted by molar-refractivity contribution is 0.282. The molecule has 2 aromatic rings. The van der Waals surface area contributed by atoms with E-state index in [-0.39, 0.29) is 12.0 Å². The molecular formula is C16H22N2O2S. The molecule has 1 N–H and O–H groups in total. The zero-order valence-corrected chi connectivity index (χ0v) is 14.0. The molecule has 0 radical (unpaired) electrons. The van der Waals surface area contributed by atoms with Gasteiger partial charge in [0.05, 0.1) is 24.3 Å². The third kappa shape index (κ3) is 3.36. The van der Waals surface area contributed by atoms with Crippen molar-refractivity contribution in [2.45, 2.75) is 32.8 Å². The summed E-state index contributed by atoms with van der Waals surface area (Å²) in [6, 6.07) is 7.85. The van der Waals surface area contributed by atoms with Crippen molar-refractivity contribution < 1.29 is 9.84 Å². The number of thiazole rings is 1. The van der Waals surface area contributed by atoms with Crippen LogP contribution in [0.4, 0.5) is 10.8 Å². The number of anilines is 2. The van der Waals surface area contributed by atoms with E-state index in [0.29, 0.717) is 0 Å². The van der Waals surface area contributed by atoms with E-state index in [2.05, 4.69) is 20.8 Å². The molecule has 0 spiro atoms. The van der Waals surface area contributed by atoms with Gasteiger partial charge < -0.3 is 14.7 Å². The zero-order valence-electron chi connectivity index (χ0n) is 13.2. The van der Waals surface area contributed by atoms with Gasteiger partial charge in [-0.1, -0.05) is 32.1 Å². The van der Waals surface area contributed by atoms with Gasteiger partial charge in [0, 0.05) is 18.2 Å². The number of aliphatic hydroxyl groups excluding tert-OH is 1. The van der Waals surface area contributed by atoms with E-state index in [1.54, 1.807) is 7.11 Å². The summed E-state index contributed by atoms with van der Waals surface area (Å²) in [7, 11) is 3.64. The average Bonchev–Trinajstić information content (AvgIpc) is 2.91. The van der Waals surface area contributed by atoms with Gasteiger partial charge >= 0.3 is 0 Å². The zero-order chi connectivity index (χ0) is 15.6. The minimum atomic E-state index is -0.0758. The maximum atomic E-state index is 9.55. The second-order valence-corrected chi connectivity index (χ2v) is 7.00.